The zero-order valence-electron chi connectivity index (χ0n) is 20.4. The first-order valence-corrected chi connectivity index (χ1v) is 13.3. The van der Waals surface area contributed by atoms with E-state index in [4.69, 9.17) is 41.4 Å². The Labute approximate surface area is 244 Å². The molecule has 0 spiro atoms. The molecule has 3 rings (SSSR count). The van der Waals surface area contributed by atoms with Crippen molar-refractivity contribution in [2.45, 2.75) is 5.51 Å². The van der Waals surface area contributed by atoms with Crippen LogP contribution in [-0.2, 0) is 82.5 Å². The van der Waals surface area contributed by atoms with Crippen molar-refractivity contribution in [2.24, 2.45) is 0 Å². The standard InChI is InChI=1S/C18H36N2O6.CHF3O3S.2Ag.FH/c1-7-21-13-14-24-10-4-20-5-11-25-17-15-22-8-2-19(1)3-9-23-16-18-26-12-6-20;2-1(3,4)8(5,6)7;;;/h1-18H2;(H,5,6,7);;;1H/q;;;+1;/p-1/i;;;;1-1. The summed E-state index contributed by atoms with van der Waals surface area (Å²) in [6, 6.07) is 0. The predicted octanol–water partition coefficient (Wildman–Crippen LogP) is 0.526. The van der Waals surface area contributed by atoms with E-state index >= 15 is 0 Å². The van der Waals surface area contributed by atoms with Crippen LogP contribution in [0, 0.1) is 0 Å². The van der Waals surface area contributed by atoms with Crippen molar-refractivity contribution in [3.8, 4) is 0 Å². The molecule has 0 aliphatic carbocycles. The van der Waals surface area contributed by atoms with E-state index in [1.54, 1.807) is 0 Å². The number of halogens is 4. The van der Waals surface area contributed by atoms with E-state index in [9.17, 15) is 16.2 Å². The first-order valence-electron chi connectivity index (χ1n) is 11.3. The molecule has 3 saturated heterocycles. The largest absolute Gasteiger partial charge is 0 e. The molecule has 3 aliphatic heterocycles. The molecule has 1 radical (unpaired) electrons. The van der Waals surface area contributed by atoms with Crippen LogP contribution in [0.25, 0.3) is 0 Å². The van der Waals surface area contributed by atoms with Gasteiger partial charge < -0.3 is 28.4 Å². The van der Waals surface area contributed by atoms with Gasteiger partial charge in [0.25, 0.3) is 0 Å². The molecule has 3 fully saturated rings. The second-order valence-electron chi connectivity index (χ2n) is 7.28. The molecular formula is C19H37Ag2F4N2O9S. The van der Waals surface area contributed by atoms with Gasteiger partial charge in [-0.3, -0.25) is 14.4 Å². The van der Waals surface area contributed by atoms with Gasteiger partial charge in [0.2, 0.25) is 0 Å². The average molecular weight is 760 g/mol. The Bertz CT molecular complexity index is 537. The molecular weight excluding hydrogens is 723 g/mol. The van der Waals surface area contributed by atoms with E-state index in [2.05, 4.69) is 9.80 Å². The third-order valence-electron chi connectivity index (χ3n) is 4.72. The van der Waals surface area contributed by atoms with Crippen LogP contribution >= 0.6 is 0 Å². The molecule has 3 aliphatic rings. The zero-order valence-corrected chi connectivity index (χ0v) is 24.1. The Balaban J connectivity index is 0. The second kappa shape index (κ2) is 25.7. The van der Waals surface area contributed by atoms with Crippen LogP contribution in [0.4, 0.5) is 16.2 Å². The molecule has 233 valence electrons. The Hall–Kier alpha value is 0.791. The molecule has 0 unspecified atom stereocenters. The minimum absolute atomic E-state index is 0. The normalized spacial score (nSPS) is 24.6. The Morgan fingerprint density at radius 2 is 0.703 bits per heavy atom. The van der Waals surface area contributed by atoms with Crippen LogP contribution in [0.15, 0.2) is 0 Å². The van der Waals surface area contributed by atoms with Crippen molar-refractivity contribution < 1.29 is 102 Å². The molecule has 3 heterocycles. The maximum absolute atomic E-state index is 10.7. The first kappa shape index (κ1) is 39.9. The summed E-state index contributed by atoms with van der Waals surface area (Å²) in [5, 5.41) is 0. The van der Waals surface area contributed by atoms with Crippen LogP contribution in [-0.4, -0.2) is 147 Å². The van der Waals surface area contributed by atoms with E-state index in [0.29, 0.717) is 79.3 Å². The van der Waals surface area contributed by atoms with Gasteiger partial charge in [-0.2, -0.15) is 21.6 Å². The van der Waals surface area contributed by atoms with Crippen LogP contribution in [0.3, 0.4) is 0 Å². The quantitative estimate of drug-likeness (QED) is 0.162. The summed E-state index contributed by atoms with van der Waals surface area (Å²) in [4.78, 5) is 4.62. The molecule has 11 nitrogen and oxygen atoms in total. The summed E-state index contributed by atoms with van der Waals surface area (Å²) in [6.45, 7) is 13.2. The average Bonchev–Trinajstić information content (AvgIpc) is 2.82. The number of hydrogen-bond donors (Lipinski definition) is 1. The Kier molecular flexibility index (Phi) is 27.8. The molecule has 0 aromatic heterocycles. The summed E-state index contributed by atoms with van der Waals surface area (Å²) in [5.74, 6) is 0. The van der Waals surface area contributed by atoms with E-state index in [-0.39, 0.29) is 22.4 Å². The summed E-state index contributed by atoms with van der Waals surface area (Å²) >= 11 is 1.45. The third-order valence-corrected chi connectivity index (χ3v) is 5.30. The molecule has 0 saturated carbocycles. The maximum Gasteiger partial charge on any atom is 0 e. The van der Waals surface area contributed by atoms with Gasteiger partial charge in [-0.25, -0.2) is 0 Å². The third kappa shape index (κ3) is 24.3. The van der Waals surface area contributed by atoms with Crippen LogP contribution in [0.1, 0.15) is 0 Å². The summed E-state index contributed by atoms with van der Waals surface area (Å²) in [6.07, 6.45) is 0. The van der Waals surface area contributed by atoms with Crippen molar-refractivity contribution in [1.29, 1.82) is 0 Å². The smallest absolute Gasteiger partial charge is 0 e. The predicted molar refractivity (Wildman–Crippen MR) is 117 cm³/mol. The zero-order chi connectivity index (χ0) is 27.1. The van der Waals surface area contributed by atoms with E-state index in [1.807, 2.05) is 0 Å². The monoisotopic (exact) mass is 758 g/mol. The number of ether oxygens (including phenoxy) is 6. The van der Waals surface area contributed by atoms with E-state index in [0.717, 1.165) is 39.3 Å². The molecule has 0 aromatic rings. The molecule has 0 aromatic carbocycles. The number of fused-ring (bicyclic) bond motifs is 21. The number of hydrogen-bond acceptors (Lipinski definition) is 10. The van der Waals surface area contributed by atoms with Gasteiger partial charge in [0.15, 0.2) is 0 Å². The van der Waals surface area contributed by atoms with Gasteiger partial charge in [0.05, 0.1) is 79.3 Å². The number of rotatable bonds is 0. The Morgan fingerprint density at radius 1 is 0.541 bits per heavy atom. The summed E-state index contributed by atoms with van der Waals surface area (Å²) < 4.78 is 101. The molecule has 37 heavy (non-hydrogen) atoms. The van der Waals surface area contributed by atoms with Gasteiger partial charge in [-0.1, -0.05) is 0 Å². The molecule has 0 amide bonds. The van der Waals surface area contributed by atoms with Gasteiger partial charge in [-0.15, -0.1) is 0 Å². The van der Waals surface area contributed by atoms with Crippen molar-refractivity contribution in [2.75, 3.05) is 119 Å². The van der Waals surface area contributed by atoms with Crippen molar-refractivity contribution in [3.63, 3.8) is 0 Å². The van der Waals surface area contributed by atoms with Crippen LogP contribution in [0.5, 0.6) is 0 Å². The Morgan fingerprint density at radius 3 is 0.838 bits per heavy atom. The fourth-order valence-corrected chi connectivity index (χ4v) is 2.80. The minimum Gasteiger partial charge on any atom is 0 e. The maximum atomic E-state index is 10.7. The van der Waals surface area contributed by atoms with Crippen molar-refractivity contribution in [3.05, 3.63) is 0 Å². The minimum atomic E-state index is -5.84. The molecule has 0 atom stereocenters. The van der Waals surface area contributed by atoms with Gasteiger partial charge in [-0.05, 0) is 0 Å². The fraction of sp³-hybridized carbons (Fsp3) is 1.00. The molecule has 1 N–H and O–H groups in total. The number of nitrogens with zero attached hydrogens (tertiary/aromatic N) is 2. The van der Waals surface area contributed by atoms with Crippen molar-refractivity contribution >= 4 is 10.1 Å². The van der Waals surface area contributed by atoms with Gasteiger partial charge >= 0.3 is 40.3 Å². The first-order chi connectivity index (χ1) is 17.2. The topological polar surface area (TPSA) is 116 Å². The van der Waals surface area contributed by atoms with E-state index < -0.39 is 15.6 Å². The van der Waals surface area contributed by atoms with Gasteiger partial charge in [0, 0.05) is 61.6 Å². The fourth-order valence-electron chi connectivity index (χ4n) is 2.80. The molecule has 2 bridgehead atoms. The van der Waals surface area contributed by atoms with Crippen molar-refractivity contribution in [1.82, 2.24) is 9.80 Å². The summed E-state index contributed by atoms with van der Waals surface area (Å²) in [7, 11) is -5.84. The summed E-state index contributed by atoms with van der Waals surface area (Å²) in [5.41, 5.74) is -5.53. The second-order valence-corrected chi connectivity index (χ2v) is 8.69. The molecule has 18 heteroatoms. The number of alkyl halides is 3. The van der Waals surface area contributed by atoms with Crippen LogP contribution < -0.4 is 0 Å². The SMILES string of the molecule is C1COCCN2CCOCCOCCN(CCO1)CCOCCOCC2.O=S(=O)(O)C(F)(F)F.[18F][Ag].[Ag]. The van der Waals surface area contributed by atoms with Gasteiger partial charge in [0.1, 0.15) is 0 Å². The van der Waals surface area contributed by atoms with Crippen LogP contribution in [0.2, 0.25) is 0 Å². The van der Waals surface area contributed by atoms with E-state index in [1.165, 1.54) is 21.6 Å².